The number of nitro benzene ring substituents is 1. The third-order valence-corrected chi connectivity index (χ3v) is 4.16. The summed E-state index contributed by atoms with van der Waals surface area (Å²) < 4.78 is 9.89. The molecule has 0 aromatic heterocycles. The van der Waals surface area contributed by atoms with E-state index in [9.17, 15) is 19.7 Å². The van der Waals surface area contributed by atoms with Crippen molar-refractivity contribution < 1.29 is 24.0 Å². The molecule has 1 aliphatic carbocycles. The van der Waals surface area contributed by atoms with E-state index in [1.165, 1.54) is 32.1 Å². The van der Waals surface area contributed by atoms with Gasteiger partial charge in [-0.3, -0.25) is 14.9 Å². The third-order valence-electron chi connectivity index (χ3n) is 4.16. The Morgan fingerprint density at radius 2 is 1.92 bits per heavy atom. The fraction of sp³-hybridized carbons (Fsp3) is 0.529. The SMILES string of the molecule is COC(=O)c1ccc([N+](=O)[O-])c(OCC(=O)NC2CCCCCC2)c1. The summed E-state index contributed by atoms with van der Waals surface area (Å²) in [5.41, 5.74) is -0.192. The number of nitrogens with zero attached hydrogens (tertiary/aromatic N) is 1. The molecule has 0 radical (unpaired) electrons. The molecule has 1 fully saturated rings. The van der Waals surface area contributed by atoms with Crippen LogP contribution in [0.15, 0.2) is 18.2 Å². The number of carbonyl (C=O) groups excluding carboxylic acids is 2. The maximum absolute atomic E-state index is 12.1. The lowest BCUT2D eigenvalue weighted by Crippen LogP contribution is -2.37. The molecule has 2 rings (SSSR count). The van der Waals surface area contributed by atoms with Crippen molar-refractivity contribution in [2.45, 2.75) is 44.6 Å². The lowest BCUT2D eigenvalue weighted by Gasteiger charge is -2.16. The Balaban J connectivity index is 2.01. The van der Waals surface area contributed by atoms with Gasteiger partial charge in [0.25, 0.3) is 5.91 Å². The van der Waals surface area contributed by atoms with Crippen LogP contribution in [-0.2, 0) is 9.53 Å². The number of amides is 1. The van der Waals surface area contributed by atoms with Crippen molar-refractivity contribution in [1.29, 1.82) is 0 Å². The van der Waals surface area contributed by atoms with E-state index in [0.29, 0.717) is 0 Å². The first-order valence-electron chi connectivity index (χ1n) is 8.30. The van der Waals surface area contributed by atoms with Crippen LogP contribution in [0.4, 0.5) is 5.69 Å². The van der Waals surface area contributed by atoms with Crippen molar-refractivity contribution in [1.82, 2.24) is 5.32 Å². The van der Waals surface area contributed by atoms with E-state index in [2.05, 4.69) is 10.1 Å². The van der Waals surface area contributed by atoms with Crippen LogP contribution in [0.2, 0.25) is 0 Å². The van der Waals surface area contributed by atoms with Gasteiger partial charge in [0.1, 0.15) is 0 Å². The number of methoxy groups -OCH3 is 1. The molecule has 25 heavy (non-hydrogen) atoms. The van der Waals surface area contributed by atoms with E-state index in [1.807, 2.05) is 0 Å². The van der Waals surface area contributed by atoms with Gasteiger partial charge in [0.05, 0.1) is 17.6 Å². The minimum Gasteiger partial charge on any atom is -0.477 e. The second-order valence-electron chi connectivity index (χ2n) is 5.98. The second kappa shape index (κ2) is 9.00. The number of rotatable bonds is 6. The van der Waals surface area contributed by atoms with Crippen LogP contribution in [0.3, 0.4) is 0 Å². The molecule has 0 saturated heterocycles. The maximum atomic E-state index is 12.1. The molecule has 1 aromatic carbocycles. The van der Waals surface area contributed by atoms with E-state index < -0.39 is 10.9 Å². The zero-order valence-electron chi connectivity index (χ0n) is 14.2. The normalized spacial score (nSPS) is 15.1. The molecule has 0 heterocycles. The summed E-state index contributed by atoms with van der Waals surface area (Å²) in [5, 5.41) is 14.0. The average Bonchev–Trinajstić information content (AvgIpc) is 2.87. The van der Waals surface area contributed by atoms with Crippen molar-refractivity contribution >= 4 is 17.6 Å². The van der Waals surface area contributed by atoms with Gasteiger partial charge in [-0.15, -0.1) is 0 Å². The van der Waals surface area contributed by atoms with Gasteiger partial charge in [-0.2, -0.15) is 0 Å². The Morgan fingerprint density at radius 1 is 1.24 bits per heavy atom. The van der Waals surface area contributed by atoms with Crippen molar-refractivity contribution in [3.8, 4) is 5.75 Å². The van der Waals surface area contributed by atoms with Crippen LogP contribution in [0.5, 0.6) is 5.75 Å². The van der Waals surface area contributed by atoms with E-state index in [4.69, 9.17) is 4.74 Å². The summed E-state index contributed by atoms with van der Waals surface area (Å²) in [7, 11) is 1.21. The predicted octanol–water partition coefficient (Wildman–Crippen LogP) is 2.60. The van der Waals surface area contributed by atoms with Gasteiger partial charge in [0, 0.05) is 18.2 Å². The number of hydrogen-bond acceptors (Lipinski definition) is 6. The van der Waals surface area contributed by atoms with Crippen molar-refractivity contribution in [3.05, 3.63) is 33.9 Å². The monoisotopic (exact) mass is 350 g/mol. The van der Waals surface area contributed by atoms with Crippen molar-refractivity contribution in [2.24, 2.45) is 0 Å². The number of nitrogens with one attached hydrogen (secondary N) is 1. The van der Waals surface area contributed by atoms with Crippen LogP contribution >= 0.6 is 0 Å². The first-order chi connectivity index (χ1) is 12.0. The van der Waals surface area contributed by atoms with Gasteiger partial charge in [0.15, 0.2) is 12.4 Å². The van der Waals surface area contributed by atoms with E-state index in [1.54, 1.807) is 0 Å². The molecule has 8 nitrogen and oxygen atoms in total. The van der Waals surface area contributed by atoms with Gasteiger partial charge >= 0.3 is 11.7 Å². The Morgan fingerprint density at radius 3 is 2.52 bits per heavy atom. The van der Waals surface area contributed by atoms with Gasteiger partial charge in [0.2, 0.25) is 0 Å². The summed E-state index contributed by atoms with van der Waals surface area (Å²) in [5.74, 6) is -1.10. The van der Waals surface area contributed by atoms with Gasteiger partial charge in [-0.1, -0.05) is 25.7 Å². The molecule has 1 N–H and O–H groups in total. The molecule has 0 spiro atoms. The molecule has 0 atom stereocenters. The summed E-state index contributed by atoms with van der Waals surface area (Å²) in [6, 6.07) is 3.77. The highest BCUT2D eigenvalue weighted by Gasteiger charge is 2.20. The van der Waals surface area contributed by atoms with Gasteiger partial charge in [-0.05, 0) is 18.9 Å². The highest BCUT2D eigenvalue weighted by molar-refractivity contribution is 5.90. The fourth-order valence-corrected chi connectivity index (χ4v) is 2.86. The van der Waals surface area contributed by atoms with E-state index in [-0.39, 0.29) is 35.6 Å². The summed E-state index contributed by atoms with van der Waals surface area (Å²) >= 11 is 0. The predicted molar refractivity (Wildman–Crippen MR) is 89.6 cm³/mol. The first kappa shape index (κ1) is 18.7. The fourth-order valence-electron chi connectivity index (χ4n) is 2.86. The number of carbonyl (C=O) groups is 2. The number of benzene rings is 1. The lowest BCUT2D eigenvalue weighted by atomic mass is 10.1. The summed E-state index contributed by atoms with van der Waals surface area (Å²) in [6.07, 6.45) is 6.38. The zero-order valence-corrected chi connectivity index (χ0v) is 14.2. The highest BCUT2D eigenvalue weighted by atomic mass is 16.6. The number of esters is 1. The van der Waals surface area contributed by atoms with Gasteiger partial charge in [-0.25, -0.2) is 4.79 Å². The summed E-state index contributed by atoms with van der Waals surface area (Å²) in [4.78, 5) is 34.1. The molecule has 1 aliphatic rings. The van der Waals surface area contributed by atoms with Crippen LogP contribution in [0.25, 0.3) is 0 Å². The first-order valence-corrected chi connectivity index (χ1v) is 8.30. The number of ether oxygens (including phenoxy) is 2. The number of nitro groups is 1. The van der Waals surface area contributed by atoms with Crippen LogP contribution < -0.4 is 10.1 Å². The Hall–Kier alpha value is -2.64. The third kappa shape index (κ3) is 5.44. The topological polar surface area (TPSA) is 108 Å². The molecule has 8 heteroatoms. The largest absolute Gasteiger partial charge is 0.477 e. The molecular formula is C17H22N2O6. The molecular weight excluding hydrogens is 328 g/mol. The smallest absolute Gasteiger partial charge is 0.337 e. The summed E-state index contributed by atoms with van der Waals surface area (Å²) in [6.45, 7) is -0.345. The lowest BCUT2D eigenvalue weighted by molar-refractivity contribution is -0.385. The Kier molecular flexibility index (Phi) is 6.73. The van der Waals surface area contributed by atoms with Crippen molar-refractivity contribution in [2.75, 3.05) is 13.7 Å². The van der Waals surface area contributed by atoms with E-state index in [0.717, 1.165) is 31.7 Å². The minimum absolute atomic E-state index is 0.118. The molecule has 0 unspecified atom stereocenters. The van der Waals surface area contributed by atoms with Crippen LogP contribution in [0, 0.1) is 10.1 Å². The number of hydrogen-bond donors (Lipinski definition) is 1. The maximum Gasteiger partial charge on any atom is 0.337 e. The zero-order chi connectivity index (χ0) is 18.2. The van der Waals surface area contributed by atoms with Crippen molar-refractivity contribution in [3.63, 3.8) is 0 Å². The average molecular weight is 350 g/mol. The Labute approximate surface area is 145 Å². The second-order valence-corrected chi connectivity index (χ2v) is 5.98. The molecule has 1 amide bonds. The standard InChI is InChI=1S/C17H22N2O6/c1-24-17(21)12-8-9-14(19(22)23)15(10-12)25-11-16(20)18-13-6-4-2-3-5-7-13/h8-10,13H,2-7,11H2,1H3,(H,18,20). The Bertz CT molecular complexity index is 638. The highest BCUT2D eigenvalue weighted by Crippen LogP contribution is 2.28. The van der Waals surface area contributed by atoms with Gasteiger partial charge < -0.3 is 14.8 Å². The molecule has 0 aliphatic heterocycles. The molecule has 1 saturated carbocycles. The van der Waals surface area contributed by atoms with Crippen LogP contribution in [-0.4, -0.2) is 36.6 Å². The molecule has 0 bridgehead atoms. The quantitative estimate of drug-likeness (QED) is 0.366. The molecule has 1 aromatic rings. The van der Waals surface area contributed by atoms with Crippen LogP contribution in [0.1, 0.15) is 48.9 Å². The van der Waals surface area contributed by atoms with E-state index >= 15 is 0 Å². The molecule has 136 valence electrons. The minimum atomic E-state index is -0.636.